The summed E-state index contributed by atoms with van der Waals surface area (Å²) >= 11 is 2.85. The lowest BCUT2D eigenvalue weighted by Gasteiger charge is -2.07. The van der Waals surface area contributed by atoms with Crippen LogP contribution in [0.15, 0.2) is 10.4 Å². The zero-order valence-electron chi connectivity index (χ0n) is 10.6. The number of aromatic nitrogens is 1. The Bertz CT molecular complexity index is 369. The minimum absolute atomic E-state index is 0.0246. The van der Waals surface area contributed by atoms with Crippen molar-refractivity contribution >= 4 is 34.1 Å². The molecule has 1 amide bonds. The molecule has 7 heteroatoms. The second-order valence-corrected chi connectivity index (χ2v) is 6.27. The summed E-state index contributed by atoms with van der Waals surface area (Å²) in [6.07, 6.45) is 2.77. The molecule has 0 bridgehead atoms. The number of rotatable bonds is 8. The van der Waals surface area contributed by atoms with Gasteiger partial charge in [0.05, 0.1) is 22.3 Å². The number of hydrogen-bond acceptors (Lipinski definition) is 6. The van der Waals surface area contributed by atoms with E-state index < -0.39 is 0 Å². The number of hydrogen-bond donors (Lipinski definition) is 2. The van der Waals surface area contributed by atoms with Gasteiger partial charge in [0.15, 0.2) is 5.13 Å². The first kappa shape index (κ1) is 15.3. The van der Waals surface area contributed by atoms with Crippen molar-refractivity contribution in [1.82, 2.24) is 10.3 Å². The lowest BCUT2D eigenvalue weighted by molar-refractivity contribution is -0.118. The summed E-state index contributed by atoms with van der Waals surface area (Å²) in [5.41, 5.74) is 5.50. The van der Waals surface area contributed by atoms with Crippen LogP contribution < -0.4 is 11.1 Å². The zero-order valence-corrected chi connectivity index (χ0v) is 12.3. The highest BCUT2D eigenvalue weighted by Crippen LogP contribution is 2.25. The van der Waals surface area contributed by atoms with Crippen LogP contribution in [0.5, 0.6) is 0 Å². The van der Waals surface area contributed by atoms with Crippen LogP contribution in [0.25, 0.3) is 0 Å². The summed E-state index contributed by atoms with van der Waals surface area (Å²) < 4.78 is 6.34. The Labute approximate surface area is 115 Å². The first-order chi connectivity index (χ1) is 8.58. The number of carbonyl (C=O) groups is 1. The Balaban J connectivity index is 2.04. The van der Waals surface area contributed by atoms with Gasteiger partial charge in [0.2, 0.25) is 5.91 Å². The molecule has 0 unspecified atom stereocenters. The predicted octanol–water partition coefficient (Wildman–Crippen LogP) is 1.75. The van der Waals surface area contributed by atoms with E-state index in [0.29, 0.717) is 24.0 Å². The van der Waals surface area contributed by atoms with Gasteiger partial charge in [-0.25, -0.2) is 4.98 Å². The number of anilines is 1. The monoisotopic (exact) mass is 289 g/mol. The standard InChI is InChI=1S/C11H19N3O2S2/c1-8(2)16-5-3-4-13-9(15)7-17-10-6-14-11(12)18-10/h6,8H,3-5,7H2,1-2H3,(H2,12,14)(H,13,15). The molecule has 1 aromatic heterocycles. The fourth-order valence-electron chi connectivity index (χ4n) is 1.15. The number of thioether (sulfide) groups is 1. The number of amides is 1. The lowest BCUT2D eigenvalue weighted by atomic mass is 10.4. The Morgan fingerprint density at radius 3 is 3.06 bits per heavy atom. The summed E-state index contributed by atoms with van der Waals surface area (Å²) in [6.45, 7) is 5.32. The topological polar surface area (TPSA) is 77.2 Å². The maximum atomic E-state index is 11.5. The molecule has 1 aromatic rings. The minimum Gasteiger partial charge on any atom is -0.379 e. The third-order valence-corrected chi connectivity index (χ3v) is 3.96. The van der Waals surface area contributed by atoms with Gasteiger partial charge in [-0.2, -0.15) is 0 Å². The van der Waals surface area contributed by atoms with Gasteiger partial charge in [0.1, 0.15) is 0 Å². The van der Waals surface area contributed by atoms with Crippen LogP contribution in [-0.2, 0) is 9.53 Å². The number of thiazole rings is 1. The molecule has 3 N–H and O–H groups in total. The quantitative estimate of drug-likeness (QED) is 0.563. The fraction of sp³-hybridized carbons (Fsp3) is 0.636. The van der Waals surface area contributed by atoms with Crippen molar-refractivity contribution in [3.05, 3.63) is 6.20 Å². The van der Waals surface area contributed by atoms with E-state index in [2.05, 4.69) is 10.3 Å². The summed E-state index contributed by atoms with van der Waals surface area (Å²) in [5.74, 6) is 0.420. The Morgan fingerprint density at radius 1 is 1.67 bits per heavy atom. The number of nitrogens with zero attached hydrogens (tertiary/aromatic N) is 1. The highest BCUT2D eigenvalue weighted by molar-refractivity contribution is 8.01. The average Bonchev–Trinajstić information content (AvgIpc) is 2.71. The van der Waals surface area contributed by atoms with Crippen LogP contribution in [-0.4, -0.2) is 35.9 Å². The van der Waals surface area contributed by atoms with E-state index in [1.165, 1.54) is 23.1 Å². The van der Waals surface area contributed by atoms with Gasteiger partial charge in [0.25, 0.3) is 0 Å². The van der Waals surface area contributed by atoms with Crippen molar-refractivity contribution in [3.63, 3.8) is 0 Å². The number of nitrogens with one attached hydrogen (secondary N) is 1. The van der Waals surface area contributed by atoms with Gasteiger partial charge in [-0.3, -0.25) is 4.79 Å². The highest BCUT2D eigenvalue weighted by atomic mass is 32.2. The summed E-state index contributed by atoms with van der Waals surface area (Å²) in [5, 5.41) is 3.38. The van der Waals surface area contributed by atoms with E-state index in [9.17, 15) is 4.79 Å². The minimum atomic E-state index is 0.0246. The molecule has 0 atom stereocenters. The predicted molar refractivity (Wildman–Crippen MR) is 76.0 cm³/mol. The maximum Gasteiger partial charge on any atom is 0.230 e. The van der Waals surface area contributed by atoms with Crippen LogP contribution in [0, 0.1) is 0 Å². The number of ether oxygens (including phenoxy) is 1. The van der Waals surface area contributed by atoms with E-state index in [-0.39, 0.29) is 12.0 Å². The smallest absolute Gasteiger partial charge is 0.230 e. The largest absolute Gasteiger partial charge is 0.379 e. The molecule has 102 valence electrons. The van der Waals surface area contributed by atoms with Crippen LogP contribution in [0.3, 0.4) is 0 Å². The summed E-state index contributed by atoms with van der Waals surface area (Å²) in [4.78, 5) is 15.4. The summed E-state index contributed by atoms with van der Waals surface area (Å²) in [6, 6.07) is 0. The van der Waals surface area contributed by atoms with Crippen LogP contribution in [0.4, 0.5) is 5.13 Å². The van der Waals surface area contributed by atoms with Crippen molar-refractivity contribution < 1.29 is 9.53 Å². The SMILES string of the molecule is CC(C)OCCCNC(=O)CSc1cnc(N)s1. The van der Waals surface area contributed by atoms with Crippen molar-refractivity contribution in [2.75, 3.05) is 24.6 Å². The molecule has 0 aliphatic carbocycles. The first-order valence-electron chi connectivity index (χ1n) is 5.80. The van der Waals surface area contributed by atoms with E-state index in [0.717, 1.165) is 10.6 Å². The van der Waals surface area contributed by atoms with Gasteiger partial charge < -0.3 is 15.8 Å². The second-order valence-electron chi connectivity index (χ2n) is 3.93. The molecule has 0 spiro atoms. The average molecular weight is 289 g/mol. The molecule has 18 heavy (non-hydrogen) atoms. The molecule has 1 rings (SSSR count). The molecule has 0 aromatic carbocycles. The second kappa shape index (κ2) is 8.34. The van der Waals surface area contributed by atoms with Crippen molar-refractivity contribution in [2.45, 2.75) is 30.6 Å². The van der Waals surface area contributed by atoms with E-state index in [4.69, 9.17) is 10.5 Å². The van der Waals surface area contributed by atoms with E-state index >= 15 is 0 Å². The van der Waals surface area contributed by atoms with Crippen LogP contribution in [0.2, 0.25) is 0 Å². The molecule has 1 heterocycles. The molecule has 0 saturated carbocycles. The van der Waals surface area contributed by atoms with Crippen molar-refractivity contribution in [2.24, 2.45) is 0 Å². The molecule has 0 fully saturated rings. The molecule has 5 nitrogen and oxygen atoms in total. The zero-order chi connectivity index (χ0) is 13.4. The maximum absolute atomic E-state index is 11.5. The lowest BCUT2D eigenvalue weighted by Crippen LogP contribution is -2.27. The van der Waals surface area contributed by atoms with Crippen LogP contribution >= 0.6 is 23.1 Å². The molecular weight excluding hydrogens is 270 g/mol. The molecule has 0 saturated heterocycles. The van der Waals surface area contributed by atoms with Gasteiger partial charge >= 0.3 is 0 Å². The van der Waals surface area contributed by atoms with Crippen LogP contribution in [0.1, 0.15) is 20.3 Å². The van der Waals surface area contributed by atoms with E-state index in [1.54, 1.807) is 6.20 Å². The summed E-state index contributed by atoms with van der Waals surface area (Å²) in [7, 11) is 0. The Hall–Kier alpha value is -0.790. The van der Waals surface area contributed by atoms with Gasteiger partial charge in [-0.05, 0) is 20.3 Å². The van der Waals surface area contributed by atoms with Gasteiger partial charge in [-0.1, -0.05) is 11.3 Å². The number of carbonyl (C=O) groups excluding carboxylic acids is 1. The normalized spacial score (nSPS) is 10.8. The fourth-order valence-corrected chi connectivity index (χ4v) is 2.73. The first-order valence-corrected chi connectivity index (χ1v) is 7.60. The molecular formula is C11H19N3O2S2. The number of nitrogen functional groups attached to an aromatic ring is 1. The number of nitrogens with two attached hydrogens (primary N) is 1. The van der Waals surface area contributed by atoms with Crippen molar-refractivity contribution in [1.29, 1.82) is 0 Å². The van der Waals surface area contributed by atoms with Gasteiger partial charge in [-0.15, -0.1) is 11.8 Å². The molecule has 0 aliphatic rings. The van der Waals surface area contributed by atoms with E-state index in [1.807, 2.05) is 13.8 Å². The Morgan fingerprint density at radius 2 is 2.44 bits per heavy atom. The third-order valence-electron chi connectivity index (χ3n) is 1.94. The molecule has 0 radical (unpaired) electrons. The third kappa shape index (κ3) is 6.83. The highest BCUT2D eigenvalue weighted by Gasteiger charge is 2.04. The van der Waals surface area contributed by atoms with Crippen molar-refractivity contribution in [3.8, 4) is 0 Å². The molecule has 0 aliphatic heterocycles. The Kier molecular flexibility index (Phi) is 7.07. The van der Waals surface area contributed by atoms with Gasteiger partial charge in [0, 0.05) is 13.2 Å².